The Morgan fingerprint density at radius 1 is 0.881 bits per heavy atom. The molecule has 0 heterocycles. The summed E-state index contributed by atoms with van der Waals surface area (Å²) in [6, 6.07) is 24.3. The van der Waals surface area contributed by atoms with Crippen LogP contribution in [0.1, 0.15) is 62.3 Å². The van der Waals surface area contributed by atoms with E-state index in [4.69, 9.17) is 0 Å². The molecule has 42 heavy (non-hydrogen) atoms. The number of anilines is 1. The maximum atomic E-state index is 14.0. The second-order valence-electron chi connectivity index (χ2n) is 10.9. The Morgan fingerprint density at radius 3 is 2.12 bits per heavy atom. The van der Waals surface area contributed by atoms with Crippen LogP contribution in [0.5, 0.6) is 0 Å². The van der Waals surface area contributed by atoms with Gasteiger partial charge in [-0.05, 0) is 67.5 Å². The predicted octanol–water partition coefficient (Wildman–Crippen LogP) is 5.66. The van der Waals surface area contributed by atoms with Crippen molar-refractivity contribution in [3.63, 3.8) is 0 Å². The molecule has 0 saturated heterocycles. The van der Waals surface area contributed by atoms with Crippen LogP contribution in [0.25, 0.3) is 0 Å². The van der Waals surface area contributed by atoms with E-state index in [-0.39, 0.29) is 37.4 Å². The number of nitrogens with one attached hydrogen (secondary N) is 1. The lowest BCUT2D eigenvalue weighted by Gasteiger charge is -2.33. The van der Waals surface area contributed by atoms with Gasteiger partial charge in [0.2, 0.25) is 21.8 Å². The number of hydrogen-bond acceptors (Lipinski definition) is 4. The van der Waals surface area contributed by atoms with Gasteiger partial charge >= 0.3 is 0 Å². The van der Waals surface area contributed by atoms with Crippen LogP contribution in [0.4, 0.5) is 5.69 Å². The van der Waals surface area contributed by atoms with E-state index >= 15 is 0 Å². The minimum Gasteiger partial charge on any atom is -0.352 e. The molecule has 8 heteroatoms. The molecule has 0 radical (unpaired) electrons. The Hall–Kier alpha value is -3.65. The predicted molar refractivity (Wildman–Crippen MR) is 171 cm³/mol. The summed E-state index contributed by atoms with van der Waals surface area (Å²) in [5.74, 6) is -0.378. The molecule has 0 saturated carbocycles. The number of sulfonamides is 1. The highest BCUT2D eigenvalue weighted by Gasteiger charge is 2.31. The summed E-state index contributed by atoms with van der Waals surface area (Å²) in [5.41, 5.74) is 4.66. The number of rotatable bonds is 15. The first-order chi connectivity index (χ1) is 20.0. The van der Waals surface area contributed by atoms with Gasteiger partial charge in [0.15, 0.2) is 0 Å². The third kappa shape index (κ3) is 9.44. The van der Waals surface area contributed by atoms with E-state index in [1.807, 2.05) is 94.4 Å². The van der Waals surface area contributed by atoms with Gasteiger partial charge in [-0.3, -0.25) is 13.9 Å². The van der Waals surface area contributed by atoms with E-state index in [1.165, 1.54) is 10.6 Å². The maximum absolute atomic E-state index is 14.0. The highest BCUT2D eigenvalue weighted by atomic mass is 32.2. The largest absolute Gasteiger partial charge is 0.352 e. The molecule has 0 fully saturated rings. The summed E-state index contributed by atoms with van der Waals surface area (Å²) >= 11 is 0. The van der Waals surface area contributed by atoms with Gasteiger partial charge in [-0.2, -0.15) is 0 Å². The number of nitrogens with zero attached hydrogens (tertiary/aromatic N) is 2. The zero-order valence-electron chi connectivity index (χ0n) is 25.5. The molecule has 0 aliphatic rings. The molecule has 2 amide bonds. The standard InChI is InChI=1S/C34H45N3O4S/c1-6-27(4)35-34(39)32(24-29-15-9-8-10-16-29)36(25-30-17-12-11-14-26(30)3)33(38)18-13-23-37(42(5,40)41)31-21-19-28(7-2)20-22-31/h8-12,14-17,19-22,27,32H,6-7,13,18,23-25H2,1-5H3,(H,35,39)/t27-,32+/m1/s1. The van der Waals surface area contributed by atoms with Gasteiger partial charge in [0, 0.05) is 32.0 Å². The summed E-state index contributed by atoms with van der Waals surface area (Å²) in [6.45, 7) is 8.46. The van der Waals surface area contributed by atoms with Crippen LogP contribution < -0.4 is 9.62 Å². The molecule has 0 aromatic heterocycles. The molecule has 226 valence electrons. The Bertz CT molecular complexity index is 1410. The van der Waals surface area contributed by atoms with E-state index in [0.717, 1.165) is 35.1 Å². The first-order valence-electron chi connectivity index (χ1n) is 14.8. The minimum atomic E-state index is -3.55. The Labute approximate surface area is 252 Å². The lowest BCUT2D eigenvalue weighted by molar-refractivity contribution is -0.141. The zero-order valence-corrected chi connectivity index (χ0v) is 26.4. The van der Waals surface area contributed by atoms with Crippen molar-refractivity contribution in [2.75, 3.05) is 17.1 Å². The maximum Gasteiger partial charge on any atom is 0.243 e. The Kier molecular flexibility index (Phi) is 12.2. The van der Waals surface area contributed by atoms with Crippen LogP contribution in [-0.4, -0.2) is 50.0 Å². The molecule has 0 aliphatic carbocycles. The molecule has 0 bridgehead atoms. The van der Waals surface area contributed by atoms with Crippen LogP contribution in [0.3, 0.4) is 0 Å². The average molecular weight is 592 g/mol. The van der Waals surface area contributed by atoms with Crippen molar-refractivity contribution in [2.24, 2.45) is 0 Å². The molecular formula is C34H45N3O4S. The van der Waals surface area contributed by atoms with E-state index in [2.05, 4.69) is 5.32 Å². The third-order valence-electron chi connectivity index (χ3n) is 7.66. The zero-order chi connectivity index (χ0) is 30.7. The molecule has 0 unspecified atom stereocenters. The highest BCUT2D eigenvalue weighted by Crippen LogP contribution is 2.22. The second kappa shape index (κ2) is 15.5. The van der Waals surface area contributed by atoms with E-state index < -0.39 is 16.1 Å². The number of carbonyl (C=O) groups excluding carboxylic acids is 2. The van der Waals surface area contributed by atoms with Gasteiger partial charge in [0.05, 0.1) is 11.9 Å². The molecule has 2 atom stereocenters. The number of aryl methyl sites for hydroxylation is 2. The second-order valence-corrected chi connectivity index (χ2v) is 12.8. The molecule has 1 N–H and O–H groups in total. The van der Waals surface area contributed by atoms with Crippen molar-refractivity contribution in [3.05, 3.63) is 101 Å². The van der Waals surface area contributed by atoms with Crippen molar-refractivity contribution in [2.45, 2.75) is 78.4 Å². The quantitative estimate of drug-likeness (QED) is 0.247. The molecule has 0 spiro atoms. The summed E-state index contributed by atoms with van der Waals surface area (Å²) < 4.78 is 26.7. The van der Waals surface area contributed by atoms with Gasteiger partial charge in [0.25, 0.3) is 0 Å². The van der Waals surface area contributed by atoms with E-state index in [9.17, 15) is 18.0 Å². The van der Waals surface area contributed by atoms with Crippen molar-refractivity contribution in [1.82, 2.24) is 10.2 Å². The fraction of sp³-hybridized carbons (Fsp3) is 0.412. The smallest absolute Gasteiger partial charge is 0.243 e. The van der Waals surface area contributed by atoms with Crippen molar-refractivity contribution in [1.29, 1.82) is 0 Å². The molecule has 3 aromatic rings. The van der Waals surface area contributed by atoms with Crippen LogP contribution >= 0.6 is 0 Å². The van der Waals surface area contributed by atoms with Gasteiger partial charge in [0.1, 0.15) is 6.04 Å². The van der Waals surface area contributed by atoms with Gasteiger partial charge in [-0.25, -0.2) is 8.42 Å². The fourth-order valence-corrected chi connectivity index (χ4v) is 5.83. The van der Waals surface area contributed by atoms with Crippen LogP contribution in [0, 0.1) is 6.92 Å². The normalized spacial score (nSPS) is 12.8. The summed E-state index contributed by atoms with van der Waals surface area (Å²) in [5, 5.41) is 3.09. The lowest BCUT2D eigenvalue weighted by atomic mass is 10.0. The fourth-order valence-electron chi connectivity index (χ4n) is 4.87. The molecule has 3 aromatic carbocycles. The lowest BCUT2D eigenvalue weighted by Crippen LogP contribution is -2.52. The van der Waals surface area contributed by atoms with E-state index in [0.29, 0.717) is 18.5 Å². The summed E-state index contributed by atoms with van der Waals surface area (Å²) in [6.07, 6.45) is 3.61. The van der Waals surface area contributed by atoms with Gasteiger partial charge in [-0.1, -0.05) is 80.6 Å². The summed E-state index contributed by atoms with van der Waals surface area (Å²) in [7, 11) is -3.55. The SMILES string of the molecule is CCc1ccc(N(CCCC(=O)N(Cc2ccccc2C)[C@@H](Cc2ccccc2)C(=O)N[C@H](C)CC)S(C)(=O)=O)cc1. The van der Waals surface area contributed by atoms with Crippen molar-refractivity contribution < 1.29 is 18.0 Å². The minimum absolute atomic E-state index is 0.0337. The molecule has 7 nitrogen and oxygen atoms in total. The monoisotopic (exact) mass is 591 g/mol. The van der Waals surface area contributed by atoms with E-state index in [1.54, 1.807) is 17.0 Å². The summed E-state index contributed by atoms with van der Waals surface area (Å²) in [4.78, 5) is 29.4. The van der Waals surface area contributed by atoms with Gasteiger partial charge < -0.3 is 10.2 Å². The van der Waals surface area contributed by atoms with Crippen LogP contribution in [-0.2, 0) is 39.0 Å². The number of carbonyl (C=O) groups is 2. The Morgan fingerprint density at radius 2 is 1.52 bits per heavy atom. The Balaban J connectivity index is 1.89. The highest BCUT2D eigenvalue weighted by molar-refractivity contribution is 7.92. The molecule has 3 rings (SSSR count). The number of amides is 2. The van der Waals surface area contributed by atoms with Gasteiger partial charge in [-0.15, -0.1) is 0 Å². The van der Waals surface area contributed by atoms with Crippen LogP contribution in [0.2, 0.25) is 0 Å². The topological polar surface area (TPSA) is 86.8 Å². The van der Waals surface area contributed by atoms with Crippen molar-refractivity contribution in [3.8, 4) is 0 Å². The number of benzene rings is 3. The first-order valence-corrected chi connectivity index (χ1v) is 16.6. The third-order valence-corrected chi connectivity index (χ3v) is 8.85. The molecule has 0 aliphatic heterocycles. The van der Waals surface area contributed by atoms with Crippen molar-refractivity contribution >= 4 is 27.5 Å². The molecular weight excluding hydrogens is 546 g/mol. The first kappa shape index (κ1) is 32.9. The number of hydrogen-bond donors (Lipinski definition) is 1. The average Bonchev–Trinajstić information content (AvgIpc) is 2.97. The van der Waals surface area contributed by atoms with Crippen LogP contribution in [0.15, 0.2) is 78.9 Å².